The maximum Gasteiger partial charge on any atom is 0.266 e. The van der Waals surface area contributed by atoms with Crippen LogP contribution in [0, 0.1) is 39.0 Å². The van der Waals surface area contributed by atoms with Crippen LogP contribution in [-0.4, -0.2) is 10.5 Å². The first kappa shape index (κ1) is 20.4. The molecular formula is C24H22ClN3O. The van der Waals surface area contributed by atoms with Gasteiger partial charge >= 0.3 is 0 Å². The number of carbonyl (C=O) groups is 1. The monoisotopic (exact) mass is 403 g/mol. The van der Waals surface area contributed by atoms with Gasteiger partial charge < -0.3 is 9.88 Å². The van der Waals surface area contributed by atoms with Gasteiger partial charge in [0, 0.05) is 27.8 Å². The number of aryl methyl sites for hydroxylation is 3. The number of nitrogens with zero attached hydrogens (tertiary/aromatic N) is 2. The van der Waals surface area contributed by atoms with E-state index in [1.54, 1.807) is 30.3 Å². The number of amides is 1. The molecule has 0 aliphatic heterocycles. The molecule has 0 unspecified atom stereocenters. The van der Waals surface area contributed by atoms with Crippen LogP contribution in [0.3, 0.4) is 0 Å². The second-order valence-corrected chi connectivity index (χ2v) is 7.52. The van der Waals surface area contributed by atoms with Gasteiger partial charge in [0.1, 0.15) is 11.6 Å². The summed E-state index contributed by atoms with van der Waals surface area (Å²) in [5.74, 6) is -0.453. The predicted octanol–water partition coefficient (Wildman–Crippen LogP) is 5.91. The smallest absolute Gasteiger partial charge is 0.266 e. The van der Waals surface area contributed by atoms with Crippen LogP contribution in [0.1, 0.15) is 28.1 Å². The molecule has 0 aliphatic carbocycles. The maximum absolute atomic E-state index is 12.6. The fourth-order valence-corrected chi connectivity index (χ4v) is 3.52. The standard InChI is InChI=1S/C24H22ClN3O/c1-15-5-10-23(16(2)11-15)28-17(3)12-19(18(28)4)13-20(14-26)24(29)27-22-8-6-21(25)7-9-22/h5-13H,1-4H3,(H,27,29). The Morgan fingerprint density at radius 3 is 2.38 bits per heavy atom. The first-order valence-corrected chi connectivity index (χ1v) is 9.63. The molecule has 146 valence electrons. The minimum atomic E-state index is -0.453. The summed E-state index contributed by atoms with van der Waals surface area (Å²) in [6.45, 7) is 8.16. The molecule has 0 saturated carbocycles. The average molecular weight is 404 g/mol. The van der Waals surface area contributed by atoms with Crippen LogP contribution in [0.15, 0.2) is 54.1 Å². The summed E-state index contributed by atoms with van der Waals surface area (Å²) >= 11 is 5.87. The summed E-state index contributed by atoms with van der Waals surface area (Å²) in [4.78, 5) is 12.6. The van der Waals surface area contributed by atoms with Crippen LogP contribution in [0.2, 0.25) is 5.02 Å². The van der Waals surface area contributed by atoms with E-state index in [0.29, 0.717) is 10.7 Å². The number of halogens is 1. The fourth-order valence-electron chi connectivity index (χ4n) is 3.40. The number of hydrogen-bond donors (Lipinski definition) is 1. The third kappa shape index (κ3) is 4.42. The van der Waals surface area contributed by atoms with Crippen molar-refractivity contribution in [3.63, 3.8) is 0 Å². The van der Waals surface area contributed by atoms with Gasteiger partial charge in [-0.3, -0.25) is 4.79 Å². The second kappa shape index (κ2) is 8.38. The first-order chi connectivity index (χ1) is 13.8. The van der Waals surface area contributed by atoms with E-state index in [1.165, 1.54) is 11.1 Å². The molecule has 29 heavy (non-hydrogen) atoms. The van der Waals surface area contributed by atoms with E-state index in [-0.39, 0.29) is 5.57 Å². The van der Waals surface area contributed by atoms with E-state index in [0.717, 1.165) is 22.6 Å². The molecule has 4 nitrogen and oxygen atoms in total. The van der Waals surface area contributed by atoms with Gasteiger partial charge in [-0.25, -0.2) is 0 Å². The lowest BCUT2D eigenvalue weighted by atomic mass is 10.1. The van der Waals surface area contributed by atoms with Gasteiger partial charge in [0.25, 0.3) is 5.91 Å². The zero-order chi connectivity index (χ0) is 21.1. The maximum atomic E-state index is 12.6. The lowest BCUT2D eigenvalue weighted by Gasteiger charge is -2.13. The molecule has 3 aromatic rings. The third-order valence-corrected chi connectivity index (χ3v) is 5.08. The topological polar surface area (TPSA) is 57.8 Å². The molecule has 5 heteroatoms. The molecule has 0 saturated heterocycles. The number of carbonyl (C=O) groups excluding carboxylic acids is 1. The molecule has 0 radical (unpaired) electrons. The average Bonchev–Trinajstić information content (AvgIpc) is 2.95. The van der Waals surface area contributed by atoms with E-state index in [9.17, 15) is 10.1 Å². The van der Waals surface area contributed by atoms with Gasteiger partial charge in [-0.15, -0.1) is 0 Å². The molecule has 0 atom stereocenters. The zero-order valence-electron chi connectivity index (χ0n) is 16.9. The van der Waals surface area contributed by atoms with E-state index in [4.69, 9.17) is 11.6 Å². The Kier molecular flexibility index (Phi) is 5.91. The van der Waals surface area contributed by atoms with Crippen molar-refractivity contribution in [2.45, 2.75) is 27.7 Å². The summed E-state index contributed by atoms with van der Waals surface area (Å²) in [5, 5.41) is 12.8. The number of nitriles is 1. The van der Waals surface area contributed by atoms with Gasteiger partial charge in [0.15, 0.2) is 0 Å². The molecule has 2 aromatic carbocycles. The number of hydrogen-bond acceptors (Lipinski definition) is 2. The number of benzene rings is 2. The number of rotatable bonds is 4. The Balaban J connectivity index is 1.95. The van der Waals surface area contributed by atoms with Crippen LogP contribution in [0.4, 0.5) is 5.69 Å². The summed E-state index contributed by atoms with van der Waals surface area (Å²) in [6, 6.07) is 17.1. The van der Waals surface area contributed by atoms with Gasteiger partial charge in [0.2, 0.25) is 0 Å². The highest BCUT2D eigenvalue weighted by molar-refractivity contribution is 6.30. The van der Waals surface area contributed by atoms with E-state index in [2.05, 4.69) is 41.9 Å². The van der Waals surface area contributed by atoms with Gasteiger partial charge in [-0.2, -0.15) is 5.26 Å². The SMILES string of the molecule is Cc1ccc(-n2c(C)cc(C=C(C#N)C(=O)Nc3ccc(Cl)cc3)c2C)c(C)c1. The van der Waals surface area contributed by atoms with E-state index in [1.807, 2.05) is 26.0 Å². The van der Waals surface area contributed by atoms with Crippen LogP contribution in [-0.2, 0) is 4.79 Å². The summed E-state index contributed by atoms with van der Waals surface area (Å²) in [7, 11) is 0. The molecule has 1 heterocycles. The molecule has 1 aromatic heterocycles. The van der Waals surface area contributed by atoms with E-state index >= 15 is 0 Å². The minimum absolute atomic E-state index is 0.0424. The molecule has 0 spiro atoms. The Bertz CT molecular complexity index is 1150. The van der Waals surface area contributed by atoms with Gasteiger partial charge in [0.05, 0.1) is 0 Å². The van der Waals surface area contributed by atoms with Crippen molar-refractivity contribution < 1.29 is 4.79 Å². The van der Waals surface area contributed by atoms with Crippen molar-refractivity contribution in [3.8, 4) is 11.8 Å². The first-order valence-electron chi connectivity index (χ1n) is 9.25. The normalized spacial score (nSPS) is 11.2. The number of nitrogens with one attached hydrogen (secondary N) is 1. The Labute approximate surface area is 176 Å². The van der Waals surface area contributed by atoms with E-state index < -0.39 is 5.91 Å². The van der Waals surface area contributed by atoms with Gasteiger partial charge in [-0.1, -0.05) is 29.3 Å². The number of anilines is 1. The minimum Gasteiger partial charge on any atom is -0.321 e. The summed E-state index contributed by atoms with van der Waals surface area (Å²) in [5.41, 5.74) is 6.95. The summed E-state index contributed by atoms with van der Waals surface area (Å²) < 4.78 is 2.15. The van der Waals surface area contributed by atoms with Crippen molar-refractivity contribution >= 4 is 29.3 Å². The van der Waals surface area contributed by atoms with Gasteiger partial charge in [-0.05, 0) is 81.3 Å². The van der Waals surface area contributed by atoms with Crippen molar-refractivity contribution in [1.29, 1.82) is 5.26 Å². The van der Waals surface area contributed by atoms with Crippen LogP contribution in [0.5, 0.6) is 0 Å². The van der Waals surface area contributed by atoms with Crippen molar-refractivity contribution in [3.05, 3.63) is 87.2 Å². The summed E-state index contributed by atoms with van der Waals surface area (Å²) in [6.07, 6.45) is 1.63. The molecule has 3 rings (SSSR count). The highest BCUT2D eigenvalue weighted by atomic mass is 35.5. The van der Waals surface area contributed by atoms with Crippen LogP contribution in [0.25, 0.3) is 11.8 Å². The Morgan fingerprint density at radius 1 is 1.07 bits per heavy atom. The molecule has 0 aliphatic rings. The zero-order valence-corrected chi connectivity index (χ0v) is 17.6. The quantitative estimate of drug-likeness (QED) is 0.434. The van der Waals surface area contributed by atoms with Crippen molar-refractivity contribution in [1.82, 2.24) is 4.57 Å². The lowest BCUT2D eigenvalue weighted by molar-refractivity contribution is -0.112. The molecule has 0 bridgehead atoms. The molecule has 0 fully saturated rings. The molecular weight excluding hydrogens is 382 g/mol. The molecule has 1 N–H and O–H groups in total. The Hall–Kier alpha value is -3.29. The predicted molar refractivity (Wildman–Crippen MR) is 118 cm³/mol. The second-order valence-electron chi connectivity index (χ2n) is 7.08. The van der Waals surface area contributed by atoms with Crippen LogP contribution >= 0.6 is 11.6 Å². The highest BCUT2D eigenvalue weighted by Crippen LogP contribution is 2.25. The van der Waals surface area contributed by atoms with Crippen molar-refractivity contribution in [2.24, 2.45) is 0 Å². The highest BCUT2D eigenvalue weighted by Gasteiger charge is 2.15. The largest absolute Gasteiger partial charge is 0.321 e. The Morgan fingerprint density at radius 2 is 1.76 bits per heavy atom. The number of aromatic nitrogens is 1. The molecule has 1 amide bonds. The lowest BCUT2D eigenvalue weighted by Crippen LogP contribution is -2.13. The third-order valence-electron chi connectivity index (χ3n) is 4.83. The fraction of sp³-hybridized carbons (Fsp3) is 0.167. The van der Waals surface area contributed by atoms with Crippen LogP contribution < -0.4 is 5.32 Å². The van der Waals surface area contributed by atoms with Crippen molar-refractivity contribution in [2.75, 3.05) is 5.32 Å².